The standard InChI is InChI=1S/C31H38N2O8/c1-19(2)39-31(36)29(32)26-18-24(9-7-21(26)8-10-28(34)35)38-16-13-27-20(3)40-30(33-27)22-5-4-6-25(17-22)41-23-11-14-37-15-12-23/h4-7,9,17-19,23,29H,8,10-16,32H2,1-3H3,(H,34,35). The summed E-state index contributed by atoms with van der Waals surface area (Å²) >= 11 is 0. The number of aliphatic carboxylic acids is 1. The molecule has 3 aromatic rings. The number of hydrogen-bond acceptors (Lipinski definition) is 9. The van der Waals surface area contributed by atoms with Crippen LogP contribution in [0.2, 0.25) is 0 Å². The van der Waals surface area contributed by atoms with Gasteiger partial charge in [0.2, 0.25) is 5.89 Å². The third-order valence-electron chi connectivity index (χ3n) is 6.72. The number of nitrogens with zero attached hydrogens (tertiary/aromatic N) is 1. The van der Waals surface area contributed by atoms with E-state index in [2.05, 4.69) is 0 Å². The van der Waals surface area contributed by atoms with Crippen molar-refractivity contribution >= 4 is 11.9 Å². The molecular weight excluding hydrogens is 528 g/mol. The number of carbonyl (C=O) groups excluding carboxylic acids is 1. The van der Waals surface area contributed by atoms with E-state index in [0.29, 0.717) is 54.8 Å². The molecule has 3 N–H and O–H groups in total. The van der Waals surface area contributed by atoms with Gasteiger partial charge >= 0.3 is 11.9 Å². The van der Waals surface area contributed by atoms with Crippen LogP contribution in [0.25, 0.3) is 11.5 Å². The molecule has 1 aliphatic rings. The number of hydrogen-bond donors (Lipinski definition) is 2. The van der Waals surface area contributed by atoms with E-state index < -0.39 is 18.0 Å². The number of carboxylic acids is 1. The van der Waals surface area contributed by atoms with Crippen LogP contribution >= 0.6 is 0 Å². The predicted octanol–water partition coefficient (Wildman–Crippen LogP) is 4.80. The van der Waals surface area contributed by atoms with Gasteiger partial charge in [-0.05, 0) is 68.7 Å². The van der Waals surface area contributed by atoms with Crippen molar-refractivity contribution in [2.24, 2.45) is 5.73 Å². The van der Waals surface area contributed by atoms with Gasteiger partial charge in [-0.25, -0.2) is 9.78 Å². The van der Waals surface area contributed by atoms with Crippen molar-refractivity contribution in [3.63, 3.8) is 0 Å². The smallest absolute Gasteiger partial charge is 0.327 e. The summed E-state index contributed by atoms with van der Waals surface area (Å²) in [6.45, 7) is 7.07. The number of aromatic nitrogens is 1. The van der Waals surface area contributed by atoms with E-state index in [9.17, 15) is 9.59 Å². The Hall–Kier alpha value is -3.89. The van der Waals surface area contributed by atoms with Crippen LogP contribution < -0.4 is 15.2 Å². The molecule has 10 nitrogen and oxygen atoms in total. The zero-order valence-electron chi connectivity index (χ0n) is 23.8. The molecule has 0 radical (unpaired) electrons. The quantitative estimate of drug-likeness (QED) is 0.277. The van der Waals surface area contributed by atoms with Crippen LogP contribution in [-0.4, -0.2) is 54.1 Å². The summed E-state index contributed by atoms with van der Waals surface area (Å²) in [5.41, 5.74) is 8.95. The van der Waals surface area contributed by atoms with Crippen LogP contribution in [0.15, 0.2) is 46.9 Å². The maximum Gasteiger partial charge on any atom is 0.327 e. The molecule has 0 bridgehead atoms. The summed E-state index contributed by atoms with van der Waals surface area (Å²) in [6, 6.07) is 11.8. The number of rotatable bonds is 13. The summed E-state index contributed by atoms with van der Waals surface area (Å²) in [6.07, 6.45) is 2.19. The molecule has 0 aliphatic carbocycles. The van der Waals surface area contributed by atoms with Gasteiger partial charge in [0.25, 0.3) is 0 Å². The molecule has 2 heterocycles. The average Bonchev–Trinajstić information content (AvgIpc) is 3.32. The Morgan fingerprint density at radius 1 is 1.10 bits per heavy atom. The molecule has 1 atom stereocenters. The van der Waals surface area contributed by atoms with Crippen molar-refractivity contribution in [1.82, 2.24) is 4.98 Å². The lowest BCUT2D eigenvalue weighted by Crippen LogP contribution is -2.27. The summed E-state index contributed by atoms with van der Waals surface area (Å²) in [5.74, 6) is 0.966. The number of aryl methyl sites for hydroxylation is 2. The Balaban J connectivity index is 1.41. The molecule has 1 aliphatic heterocycles. The average molecular weight is 567 g/mol. The molecule has 2 aromatic carbocycles. The number of oxazole rings is 1. The molecule has 0 spiro atoms. The Morgan fingerprint density at radius 3 is 2.61 bits per heavy atom. The van der Waals surface area contributed by atoms with Gasteiger partial charge in [0, 0.05) is 31.2 Å². The monoisotopic (exact) mass is 566 g/mol. The van der Waals surface area contributed by atoms with E-state index in [0.717, 1.165) is 29.8 Å². The molecule has 1 saturated heterocycles. The number of esters is 1. The maximum atomic E-state index is 12.5. The lowest BCUT2D eigenvalue weighted by atomic mass is 9.97. The van der Waals surface area contributed by atoms with Gasteiger partial charge in [-0.3, -0.25) is 4.79 Å². The van der Waals surface area contributed by atoms with Gasteiger partial charge in [0.05, 0.1) is 31.6 Å². The highest BCUT2D eigenvalue weighted by Crippen LogP contribution is 2.28. The second kappa shape index (κ2) is 14.1. The molecule has 4 rings (SSSR count). The van der Waals surface area contributed by atoms with Gasteiger partial charge in [-0.15, -0.1) is 0 Å². The molecule has 1 aromatic heterocycles. The van der Waals surface area contributed by atoms with Crippen molar-refractivity contribution < 1.29 is 38.1 Å². The van der Waals surface area contributed by atoms with Crippen molar-refractivity contribution in [2.75, 3.05) is 19.8 Å². The molecule has 1 fully saturated rings. The Bertz CT molecular complexity index is 1330. The highest BCUT2D eigenvalue weighted by atomic mass is 16.5. The van der Waals surface area contributed by atoms with Gasteiger partial charge in [0.15, 0.2) is 0 Å². The Kier molecular flexibility index (Phi) is 10.4. The number of benzene rings is 2. The van der Waals surface area contributed by atoms with Crippen molar-refractivity contribution in [3.05, 3.63) is 65.0 Å². The van der Waals surface area contributed by atoms with Crippen molar-refractivity contribution in [2.45, 2.75) is 71.1 Å². The molecule has 1 unspecified atom stereocenters. The summed E-state index contributed by atoms with van der Waals surface area (Å²) in [4.78, 5) is 28.3. The normalized spacial score (nSPS) is 14.6. The summed E-state index contributed by atoms with van der Waals surface area (Å²) in [7, 11) is 0. The maximum absolute atomic E-state index is 12.5. The van der Waals surface area contributed by atoms with Crippen LogP contribution in [0.4, 0.5) is 0 Å². The zero-order chi connectivity index (χ0) is 29.4. The Morgan fingerprint density at radius 2 is 1.88 bits per heavy atom. The van der Waals surface area contributed by atoms with E-state index in [1.807, 2.05) is 31.2 Å². The predicted molar refractivity (Wildman–Crippen MR) is 151 cm³/mol. The van der Waals surface area contributed by atoms with E-state index in [-0.39, 0.29) is 25.0 Å². The fourth-order valence-electron chi connectivity index (χ4n) is 4.59. The minimum atomic E-state index is -1.06. The van der Waals surface area contributed by atoms with E-state index in [1.165, 1.54) is 0 Å². The number of carboxylic acid groups (broad SMARTS) is 1. The van der Waals surface area contributed by atoms with Crippen LogP contribution in [0.1, 0.15) is 61.7 Å². The molecule has 0 amide bonds. The van der Waals surface area contributed by atoms with Crippen molar-refractivity contribution in [1.29, 1.82) is 0 Å². The van der Waals surface area contributed by atoms with E-state index in [4.69, 9.17) is 39.2 Å². The molecule has 41 heavy (non-hydrogen) atoms. The summed E-state index contributed by atoms with van der Waals surface area (Å²) in [5, 5.41) is 9.12. The first-order valence-electron chi connectivity index (χ1n) is 13.9. The number of nitrogens with two attached hydrogens (primary N) is 1. The fraction of sp³-hybridized carbons (Fsp3) is 0.452. The molecule has 0 saturated carbocycles. The third-order valence-corrected chi connectivity index (χ3v) is 6.72. The van der Waals surface area contributed by atoms with E-state index in [1.54, 1.807) is 32.0 Å². The number of carbonyl (C=O) groups is 2. The first kappa shape index (κ1) is 30.1. The second-order valence-electron chi connectivity index (χ2n) is 10.3. The first-order chi connectivity index (χ1) is 19.7. The minimum Gasteiger partial charge on any atom is -0.493 e. The lowest BCUT2D eigenvalue weighted by molar-refractivity contribution is -0.149. The van der Waals surface area contributed by atoms with Crippen molar-refractivity contribution in [3.8, 4) is 23.0 Å². The molecular formula is C31H38N2O8. The molecule has 220 valence electrons. The highest BCUT2D eigenvalue weighted by Gasteiger charge is 2.23. The van der Waals surface area contributed by atoms with Gasteiger partial charge in [0.1, 0.15) is 29.4 Å². The SMILES string of the molecule is Cc1oc(-c2cccc(OC3CCOCC3)c2)nc1CCOc1ccc(CCC(=O)O)c(C(N)C(=O)OC(C)C)c1. The van der Waals surface area contributed by atoms with Gasteiger partial charge in [-0.1, -0.05) is 12.1 Å². The summed E-state index contributed by atoms with van der Waals surface area (Å²) < 4.78 is 28.7. The largest absolute Gasteiger partial charge is 0.493 e. The van der Waals surface area contributed by atoms with Crippen LogP contribution in [0.5, 0.6) is 11.5 Å². The number of ether oxygens (including phenoxy) is 4. The second-order valence-corrected chi connectivity index (χ2v) is 10.3. The van der Waals surface area contributed by atoms with E-state index >= 15 is 0 Å². The topological polar surface area (TPSA) is 143 Å². The lowest BCUT2D eigenvalue weighted by Gasteiger charge is -2.23. The van der Waals surface area contributed by atoms with Gasteiger partial charge < -0.3 is 34.2 Å². The van der Waals surface area contributed by atoms with Crippen LogP contribution in [-0.2, 0) is 31.9 Å². The third kappa shape index (κ3) is 8.55. The fourth-order valence-corrected chi connectivity index (χ4v) is 4.59. The molecule has 10 heteroatoms. The zero-order valence-corrected chi connectivity index (χ0v) is 23.8. The van der Waals surface area contributed by atoms with Gasteiger partial charge in [-0.2, -0.15) is 0 Å². The van der Waals surface area contributed by atoms with Crippen LogP contribution in [0, 0.1) is 6.92 Å². The Labute approximate surface area is 239 Å². The van der Waals surface area contributed by atoms with Crippen LogP contribution in [0.3, 0.4) is 0 Å². The highest BCUT2D eigenvalue weighted by molar-refractivity contribution is 5.78. The first-order valence-corrected chi connectivity index (χ1v) is 13.9. The minimum absolute atomic E-state index is 0.0858.